The molecule has 0 bridgehead atoms. The first kappa shape index (κ1) is 28.9. The molecule has 0 aliphatic rings. The summed E-state index contributed by atoms with van der Waals surface area (Å²) in [6, 6.07) is 6.53. The highest BCUT2D eigenvalue weighted by atomic mass is 19.4. The maximum absolute atomic E-state index is 13.6. The van der Waals surface area contributed by atoms with E-state index in [1.165, 1.54) is 31.2 Å². The largest absolute Gasteiger partial charge is 0.451 e. The second kappa shape index (κ2) is 9.89. The van der Waals surface area contributed by atoms with Crippen LogP contribution < -0.4 is 5.32 Å². The second-order valence-electron chi connectivity index (χ2n) is 8.40. The van der Waals surface area contributed by atoms with E-state index < -0.39 is 53.0 Å². The third-order valence-corrected chi connectivity index (χ3v) is 5.59. The molecule has 1 heterocycles. The van der Waals surface area contributed by atoms with Gasteiger partial charge in [-0.05, 0) is 43.2 Å². The molecule has 1 atom stereocenters. The first-order valence-electron chi connectivity index (χ1n) is 10.6. The second-order valence-corrected chi connectivity index (χ2v) is 8.40. The number of hydrogen-bond donors (Lipinski definition) is 2. The Balaban J connectivity index is 2.08. The number of amides is 1. The smallest absolute Gasteiger partial charge is 0.369 e. The number of nitrogens with one attached hydrogen (secondary N) is 1. The quantitative estimate of drug-likeness (QED) is 0.367. The lowest BCUT2D eigenvalue weighted by Gasteiger charge is -2.33. The Morgan fingerprint density at radius 2 is 1.37 bits per heavy atom. The zero-order chi connectivity index (χ0) is 28.7. The van der Waals surface area contributed by atoms with Gasteiger partial charge in [0.05, 0.1) is 6.04 Å². The summed E-state index contributed by atoms with van der Waals surface area (Å²) in [4.78, 5) is 19.2. The van der Waals surface area contributed by atoms with Crippen LogP contribution in [0, 0.1) is 6.92 Å². The van der Waals surface area contributed by atoms with Crippen LogP contribution in [0.3, 0.4) is 0 Å². The molecule has 0 saturated heterocycles. The first-order valence-corrected chi connectivity index (χ1v) is 10.6. The lowest BCUT2D eigenvalue weighted by Crippen LogP contribution is -2.54. The molecule has 3 rings (SSSR count). The van der Waals surface area contributed by atoms with Crippen LogP contribution in [-0.2, 0) is 11.8 Å². The van der Waals surface area contributed by atoms with Gasteiger partial charge in [-0.3, -0.25) is 4.79 Å². The summed E-state index contributed by atoms with van der Waals surface area (Å²) in [6.07, 6.45) is -15.7. The molecule has 0 radical (unpaired) electrons. The van der Waals surface area contributed by atoms with Crippen molar-refractivity contribution in [2.75, 3.05) is 0 Å². The molecule has 0 fully saturated rings. The number of hydrogen-bond acceptors (Lipinski definition) is 4. The molecular weight excluding hydrogens is 533 g/mol. The fraction of sp³-hybridized carbons (Fsp3) is 0.292. The van der Waals surface area contributed by atoms with Crippen molar-refractivity contribution < 1.29 is 49.4 Å². The van der Waals surface area contributed by atoms with Gasteiger partial charge in [-0.25, -0.2) is 9.97 Å². The van der Waals surface area contributed by atoms with Crippen molar-refractivity contribution in [1.82, 2.24) is 15.3 Å². The van der Waals surface area contributed by atoms with E-state index >= 15 is 0 Å². The summed E-state index contributed by atoms with van der Waals surface area (Å²) in [5.41, 5.74) is -6.99. The van der Waals surface area contributed by atoms with Gasteiger partial charge in [0.25, 0.3) is 11.5 Å². The minimum Gasteiger partial charge on any atom is -0.369 e. The first-order chi connectivity index (χ1) is 17.3. The predicted octanol–water partition coefficient (Wildman–Crippen LogP) is 6.27. The van der Waals surface area contributed by atoms with Gasteiger partial charge in [-0.15, -0.1) is 0 Å². The Morgan fingerprint density at radius 1 is 0.842 bits per heavy atom. The van der Waals surface area contributed by atoms with Crippen molar-refractivity contribution in [3.8, 4) is 11.1 Å². The third kappa shape index (κ3) is 5.74. The Kier molecular flexibility index (Phi) is 7.52. The van der Waals surface area contributed by atoms with Crippen molar-refractivity contribution >= 4 is 5.91 Å². The summed E-state index contributed by atoms with van der Waals surface area (Å²) >= 11 is 0. The lowest BCUT2D eigenvalue weighted by molar-refractivity contribution is -0.376. The fourth-order valence-corrected chi connectivity index (χ4v) is 3.44. The van der Waals surface area contributed by atoms with Crippen molar-refractivity contribution in [2.45, 2.75) is 44.0 Å². The summed E-state index contributed by atoms with van der Waals surface area (Å²) in [5.74, 6) is -2.62. The van der Waals surface area contributed by atoms with Crippen molar-refractivity contribution in [2.24, 2.45) is 0 Å². The highest BCUT2D eigenvalue weighted by molar-refractivity contribution is 5.96. The Hall–Kier alpha value is -3.68. The van der Waals surface area contributed by atoms with Crippen molar-refractivity contribution in [3.63, 3.8) is 0 Å². The Labute approximate surface area is 209 Å². The minimum absolute atomic E-state index is 0.0247. The summed E-state index contributed by atoms with van der Waals surface area (Å²) < 4.78 is 120. The van der Waals surface area contributed by atoms with Gasteiger partial charge in [-0.1, -0.05) is 29.8 Å². The number of alkyl halides is 9. The molecule has 1 aromatic heterocycles. The topological polar surface area (TPSA) is 75.1 Å². The molecule has 0 saturated carbocycles. The summed E-state index contributed by atoms with van der Waals surface area (Å²) in [6.45, 7) is 2.98. The molecule has 0 spiro atoms. The van der Waals surface area contributed by atoms with Crippen LogP contribution in [0.1, 0.15) is 45.8 Å². The molecule has 14 heteroatoms. The maximum atomic E-state index is 13.6. The molecule has 3 aromatic rings. The molecule has 0 aliphatic heterocycles. The van der Waals surface area contributed by atoms with Gasteiger partial charge in [0.2, 0.25) is 5.82 Å². The lowest BCUT2D eigenvalue weighted by atomic mass is 9.87. The van der Waals surface area contributed by atoms with Crippen LogP contribution in [0.5, 0.6) is 0 Å². The van der Waals surface area contributed by atoms with Crippen LogP contribution in [0.15, 0.2) is 54.9 Å². The van der Waals surface area contributed by atoms with Crippen LogP contribution in [0.2, 0.25) is 0 Å². The number of carbonyl (C=O) groups is 1. The van der Waals surface area contributed by atoms with Gasteiger partial charge in [-0.2, -0.15) is 39.5 Å². The van der Waals surface area contributed by atoms with Gasteiger partial charge < -0.3 is 10.4 Å². The van der Waals surface area contributed by atoms with E-state index in [9.17, 15) is 49.4 Å². The fourth-order valence-electron chi connectivity index (χ4n) is 3.44. The van der Waals surface area contributed by atoms with E-state index in [1.54, 1.807) is 6.92 Å². The highest BCUT2D eigenvalue weighted by Crippen LogP contribution is 2.50. The van der Waals surface area contributed by atoms with Gasteiger partial charge in [0, 0.05) is 29.1 Å². The number of nitrogens with zero attached hydrogens (tertiary/aromatic N) is 2. The van der Waals surface area contributed by atoms with Crippen molar-refractivity contribution in [3.05, 3.63) is 82.9 Å². The number of aliphatic hydroxyl groups is 1. The zero-order valence-corrected chi connectivity index (χ0v) is 19.4. The minimum atomic E-state index is -6.20. The van der Waals surface area contributed by atoms with Crippen LogP contribution >= 0.6 is 0 Å². The van der Waals surface area contributed by atoms with E-state index in [1.807, 2.05) is 0 Å². The van der Waals surface area contributed by atoms with E-state index in [0.717, 1.165) is 24.0 Å². The van der Waals surface area contributed by atoms with E-state index in [4.69, 9.17) is 0 Å². The molecule has 2 aromatic carbocycles. The zero-order valence-electron chi connectivity index (χ0n) is 19.4. The molecule has 0 unspecified atom stereocenters. The number of aryl methyl sites for hydroxylation is 1. The van der Waals surface area contributed by atoms with E-state index in [2.05, 4.69) is 15.3 Å². The van der Waals surface area contributed by atoms with Crippen LogP contribution in [0.25, 0.3) is 11.1 Å². The molecule has 2 N–H and O–H groups in total. The number of rotatable bonds is 5. The molecule has 0 aliphatic carbocycles. The standard InChI is InChI=1S/C24H18F9N3O2/c1-12-3-5-14(6-4-12)15-7-16(9-18(8-15)21(38,23(28,29)30)24(31,32)33)19(37)36-13(2)17-10-34-20(35-11-17)22(25,26)27/h3-11,13,38H,1-2H3,(H,36,37)/t13-/m1/s1. The van der Waals surface area contributed by atoms with E-state index in [0.29, 0.717) is 6.07 Å². The highest BCUT2D eigenvalue weighted by Gasteiger charge is 2.71. The van der Waals surface area contributed by atoms with Crippen LogP contribution in [0.4, 0.5) is 39.5 Å². The maximum Gasteiger partial charge on any atom is 0.451 e. The number of halogens is 9. The molecule has 5 nitrogen and oxygen atoms in total. The SMILES string of the molecule is Cc1ccc(-c2cc(C(=O)N[C@H](C)c3cnc(C(F)(F)F)nc3)cc(C(O)(C(F)(F)F)C(F)(F)F)c2)cc1. The predicted molar refractivity (Wildman–Crippen MR) is 116 cm³/mol. The van der Waals surface area contributed by atoms with Gasteiger partial charge in [0.15, 0.2) is 0 Å². The molecule has 1 amide bonds. The van der Waals surface area contributed by atoms with Gasteiger partial charge in [0.1, 0.15) is 0 Å². The van der Waals surface area contributed by atoms with E-state index in [-0.39, 0.29) is 22.8 Å². The summed E-state index contributed by atoms with van der Waals surface area (Å²) in [5, 5.41) is 12.2. The molecule has 204 valence electrons. The summed E-state index contributed by atoms with van der Waals surface area (Å²) in [7, 11) is 0. The average Bonchev–Trinajstić information content (AvgIpc) is 2.81. The third-order valence-electron chi connectivity index (χ3n) is 5.59. The van der Waals surface area contributed by atoms with Gasteiger partial charge >= 0.3 is 18.5 Å². The van der Waals surface area contributed by atoms with Crippen LogP contribution in [-0.4, -0.2) is 33.3 Å². The normalized spacial score (nSPS) is 13.8. The number of carbonyl (C=O) groups excluding carboxylic acids is 1. The number of aromatic nitrogens is 2. The monoisotopic (exact) mass is 551 g/mol. The molecular formula is C24H18F9N3O2. The van der Waals surface area contributed by atoms with Crippen molar-refractivity contribution in [1.29, 1.82) is 0 Å². The molecule has 38 heavy (non-hydrogen) atoms. The Bertz CT molecular complexity index is 1290. The Morgan fingerprint density at radius 3 is 1.84 bits per heavy atom. The number of benzene rings is 2. The average molecular weight is 551 g/mol.